The van der Waals surface area contributed by atoms with Crippen molar-refractivity contribution in [3.05, 3.63) is 59.9 Å². The summed E-state index contributed by atoms with van der Waals surface area (Å²) in [6, 6.07) is 14.7. The van der Waals surface area contributed by atoms with Crippen LogP contribution in [0.15, 0.2) is 48.5 Å². The highest BCUT2D eigenvalue weighted by molar-refractivity contribution is 5.89. The van der Waals surface area contributed by atoms with Crippen LogP contribution in [0.1, 0.15) is 5.56 Å². The van der Waals surface area contributed by atoms with Crippen molar-refractivity contribution >= 4 is 17.4 Å². The molecule has 0 unspecified atom stereocenters. The predicted octanol–water partition coefficient (Wildman–Crippen LogP) is 3.49. The zero-order valence-electron chi connectivity index (χ0n) is 13.1. The van der Waals surface area contributed by atoms with Gasteiger partial charge in [0.1, 0.15) is 5.82 Å². The first-order chi connectivity index (χ1) is 11.1. The molecule has 1 fully saturated rings. The van der Waals surface area contributed by atoms with Gasteiger partial charge >= 0.3 is 6.03 Å². The van der Waals surface area contributed by atoms with E-state index in [4.69, 9.17) is 0 Å². The molecule has 0 bridgehead atoms. The van der Waals surface area contributed by atoms with Gasteiger partial charge in [-0.3, -0.25) is 0 Å². The van der Waals surface area contributed by atoms with Crippen LogP contribution < -0.4 is 10.2 Å². The molecule has 3 rings (SSSR count). The number of hydrogen-bond donors (Lipinski definition) is 1. The molecule has 2 aromatic rings. The molecule has 23 heavy (non-hydrogen) atoms. The highest BCUT2D eigenvalue weighted by atomic mass is 19.1. The number of hydrogen-bond acceptors (Lipinski definition) is 2. The molecule has 2 amide bonds. The van der Waals surface area contributed by atoms with E-state index in [1.165, 1.54) is 11.8 Å². The molecule has 120 valence electrons. The number of aryl methyl sites for hydroxylation is 1. The van der Waals surface area contributed by atoms with E-state index in [-0.39, 0.29) is 11.8 Å². The fourth-order valence-corrected chi connectivity index (χ4v) is 2.68. The zero-order chi connectivity index (χ0) is 16.2. The summed E-state index contributed by atoms with van der Waals surface area (Å²) >= 11 is 0. The van der Waals surface area contributed by atoms with Crippen molar-refractivity contribution in [3.8, 4) is 0 Å². The normalized spacial score (nSPS) is 14.7. The maximum Gasteiger partial charge on any atom is 0.321 e. The van der Waals surface area contributed by atoms with Crippen molar-refractivity contribution in [2.45, 2.75) is 6.92 Å². The first kappa shape index (κ1) is 15.3. The van der Waals surface area contributed by atoms with E-state index in [2.05, 4.69) is 22.3 Å². The quantitative estimate of drug-likeness (QED) is 0.921. The standard InChI is InChI=1S/C18H20FN3O/c1-14-7-8-15(13-17(14)19)20-18(23)22-11-9-21(10-12-22)16-5-3-2-4-6-16/h2-8,13H,9-12H2,1H3,(H,20,23). The van der Waals surface area contributed by atoms with Gasteiger partial charge in [-0.25, -0.2) is 9.18 Å². The molecular weight excluding hydrogens is 293 g/mol. The molecule has 1 aliphatic rings. The van der Waals surface area contributed by atoms with Gasteiger partial charge in [0, 0.05) is 37.6 Å². The number of nitrogens with one attached hydrogen (secondary N) is 1. The van der Waals surface area contributed by atoms with E-state index in [1.807, 2.05) is 18.2 Å². The van der Waals surface area contributed by atoms with Crippen molar-refractivity contribution in [2.24, 2.45) is 0 Å². The highest BCUT2D eigenvalue weighted by Gasteiger charge is 2.21. The second kappa shape index (κ2) is 6.69. The van der Waals surface area contributed by atoms with Crippen LogP contribution in [-0.2, 0) is 0 Å². The van der Waals surface area contributed by atoms with E-state index >= 15 is 0 Å². The first-order valence-electron chi connectivity index (χ1n) is 7.75. The topological polar surface area (TPSA) is 35.6 Å². The van der Waals surface area contributed by atoms with Gasteiger partial charge in [-0.05, 0) is 36.8 Å². The Labute approximate surface area is 135 Å². The number of carbonyl (C=O) groups is 1. The molecule has 2 aromatic carbocycles. The molecule has 0 atom stereocenters. The number of carbonyl (C=O) groups excluding carboxylic acids is 1. The average molecular weight is 313 g/mol. The number of urea groups is 1. The number of halogens is 1. The molecule has 1 aliphatic heterocycles. The highest BCUT2D eigenvalue weighted by Crippen LogP contribution is 2.17. The molecule has 1 heterocycles. The van der Waals surface area contributed by atoms with Crippen LogP contribution in [0.25, 0.3) is 0 Å². The third-order valence-electron chi connectivity index (χ3n) is 4.11. The molecule has 0 saturated carbocycles. The van der Waals surface area contributed by atoms with Gasteiger partial charge in [0.2, 0.25) is 0 Å². The summed E-state index contributed by atoms with van der Waals surface area (Å²) in [7, 11) is 0. The van der Waals surface area contributed by atoms with Crippen LogP contribution in [0.3, 0.4) is 0 Å². The van der Waals surface area contributed by atoms with Crippen molar-refractivity contribution in [1.82, 2.24) is 4.90 Å². The molecule has 4 nitrogen and oxygen atoms in total. The number of piperazine rings is 1. The largest absolute Gasteiger partial charge is 0.368 e. The average Bonchev–Trinajstić information content (AvgIpc) is 2.59. The summed E-state index contributed by atoms with van der Waals surface area (Å²) in [5.41, 5.74) is 2.23. The number of benzene rings is 2. The maximum atomic E-state index is 13.5. The molecule has 0 aliphatic carbocycles. The van der Waals surface area contributed by atoms with Crippen molar-refractivity contribution in [2.75, 3.05) is 36.4 Å². The van der Waals surface area contributed by atoms with E-state index in [0.29, 0.717) is 24.3 Å². The minimum absolute atomic E-state index is 0.180. The van der Waals surface area contributed by atoms with Crippen LogP contribution in [0.4, 0.5) is 20.6 Å². The Morgan fingerprint density at radius 2 is 1.74 bits per heavy atom. The lowest BCUT2D eigenvalue weighted by Crippen LogP contribution is -2.50. The van der Waals surface area contributed by atoms with E-state index < -0.39 is 0 Å². The zero-order valence-corrected chi connectivity index (χ0v) is 13.1. The number of rotatable bonds is 2. The van der Waals surface area contributed by atoms with Crippen molar-refractivity contribution in [3.63, 3.8) is 0 Å². The second-order valence-electron chi connectivity index (χ2n) is 5.70. The van der Waals surface area contributed by atoms with Gasteiger partial charge in [0.05, 0.1) is 0 Å². The lowest BCUT2D eigenvalue weighted by atomic mass is 10.2. The van der Waals surface area contributed by atoms with Crippen LogP contribution in [0, 0.1) is 12.7 Å². The van der Waals surface area contributed by atoms with Crippen LogP contribution in [-0.4, -0.2) is 37.1 Å². The fourth-order valence-electron chi connectivity index (χ4n) is 2.68. The number of para-hydroxylation sites is 1. The Hall–Kier alpha value is -2.56. The van der Waals surface area contributed by atoms with E-state index in [1.54, 1.807) is 24.0 Å². The lowest BCUT2D eigenvalue weighted by Gasteiger charge is -2.36. The number of anilines is 2. The van der Waals surface area contributed by atoms with Crippen molar-refractivity contribution < 1.29 is 9.18 Å². The predicted molar refractivity (Wildman–Crippen MR) is 90.4 cm³/mol. The SMILES string of the molecule is Cc1ccc(NC(=O)N2CCN(c3ccccc3)CC2)cc1F. The lowest BCUT2D eigenvalue weighted by molar-refractivity contribution is 0.208. The van der Waals surface area contributed by atoms with Crippen LogP contribution in [0.2, 0.25) is 0 Å². The second-order valence-corrected chi connectivity index (χ2v) is 5.70. The maximum absolute atomic E-state index is 13.5. The van der Waals surface area contributed by atoms with E-state index in [0.717, 1.165) is 13.1 Å². The van der Waals surface area contributed by atoms with Gasteiger partial charge in [-0.1, -0.05) is 24.3 Å². The van der Waals surface area contributed by atoms with Gasteiger partial charge in [-0.15, -0.1) is 0 Å². The Morgan fingerprint density at radius 1 is 1.04 bits per heavy atom. The Morgan fingerprint density at radius 3 is 2.39 bits per heavy atom. The number of nitrogens with zero attached hydrogens (tertiary/aromatic N) is 2. The summed E-state index contributed by atoms with van der Waals surface area (Å²) in [5, 5.41) is 2.76. The summed E-state index contributed by atoms with van der Waals surface area (Å²) in [5.74, 6) is -0.309. The molecule has 0 spiro atoms. The first-order valence-corrected chi connectivity index (χ1v) is 7.75. The van der Waals surface area contributed by atoms with Crippen LogP contribution in [0.5, 0.6) is 0 Å². The fraction of sp³-hybridized carbons (Fsp3) is 0.278. The molecule has 0 radical (unpaired) electrons. The summed E-state index contributed by atoms with van der Waals surface area (Å²) < 4.78 is 13.5. The number of amides is 2. The Bertz CT molecular complexity index is 682. The summed E-state index contributed by atoms with van der Waals surface area (Å²) in [6.07, 6.45) is 0. The van der Waals surface area contributed by atoms with Gasteiger partial charge < -0.3 is 15.1 Å². The minimum Gasteiger partial charge on any atom is -0.368 e. The smallest absolute Gasteiger partial charge is 0.321 e. The van der Waals surface area contributed by atoms with Gasteiger partial charge in [-0.2, -0.15) is 0 Å². The van der Waals surface area contributed by atoms with Gasteiger partial charge in [0.15, 0.2) is 0 Å². The Kier molecular flexibility index (Phi) is 4.46. The third-order valence-corrected chi connectivity index (χ3v) is 4.11. The molecular formula is C18H20FN3O. The monoisotopic (exact) mass is 313 g/mol. The van der Waals surface area contributed by atoms with Crippen molar-refractivity contribution in [1.29, 1.82) is 0 Å². The minimum atomic E-state index is -0.309. The molecule has 1 N–H and O–H groups in total. The molecule has 1 saturated heterocycles. The van der Waals surface area contributed by atoms with Crippen LogP contribution >= 0.6 is 0 Å². The van der Waals surface area contributed by atoms with Gasteiger partial charge in [0.25, 0.3) is 0 Å². The Balaban J connectivity index is 1.57. The van der Waals surface area contributed by atoms with E-state index in [9.17, 15) is 9.18 Å². The summed E-state index contributed by atoms with van der Waals surface area (Å²) in [4.78, 5) is 16.3. The molecule has 0 aromatic heterocycles. The third kappa shape index (κ3) is 3.62. The summed E-state index contributed by atoms with van der Waals surface area (Å²) in [6.45, 7) is 4.58. The molecule has 5 heteroatoms.